The lowest BCUT2D eigenvalue weighted by Crippen LogP contribution is -2.04. The molecule has 6 heteroatoms. The van der Waals surface area contributed by atoms with Gasteiger partial charge in [-0.3, -0.25) is 4.21 Å². The average Bonchev–Trinajstić information content (AvgIpc) is 2.60. The number of hydrogen-bond donors (Lipinski definition) is 2. The van der Waals surface area contributed by atoms with E-state index in [4.69, 9.17) is 5.11 Å². The summed E-state index contributed by atoms with van der Waals surface area (Å²) in [6.07, 6.45) is 0.256. The highest BCUT2D eigenvalue weighted by atomic mass is 32.2. The van der Waals surface area contributed by atoms with Gasteiger partial charge in [-0.2, -0.15) is 0 Å². The van der Waals surface area contributed by atoms with Gasteiger partial charge >= 0.3 is 0 Å². The molecule has 1 aliphatic rings. The molecule has 0 spiro atoms. The predicted octanol–water partition coefficient (Wildman–Crippen LogP) is 0.628. The first-order valence-electron chi connectivity index (χ1n) is 4.91. The van der Waals surface area contributed by atoms with Crippen LogP contribution in [-0.4, -0.2) is 25.6 Å². The van der Waals surface area contributed by atoms with Gasteiger partial charge in [0.1, 0.15) is 5.82 Å². The molecule has 2 rings (SSSR count). The molecule has 0 heterocycles. The molecule has 1 aromatic rings. The molecule has 0 bridgehead atoms. The first-order valence-corrected chi connectivity index (χ1v) is 6.16. The Morgan fingerprint density at radius 3 is 2.76 bits per heavy atom. The number of aliphatic hydroxyl groups excluding tert-OH is 2. The summed E-state index contributed by atoms with van der Waals surface area (Å²) >= 11 is -2.31. The molecule has 4 nitrogen and oxygen atoms in total. The van der Waals surface area contributed by atoms with E-state index in [0.29, 0.717) is 5.56 Å². The zero-order valence-electron chi connectivity index (χ0n) is 8.72. The zero-order chi connectivity index (χ0) is 12.6. The van der Waals surface area contributed by atoms with Gasteiger partial charge in [-0.15, -0.1) is 0 Å². The van der Waals surface area contributed by atoms with E-state index in [1.54, 1.807) is 0 Å². The predicted molar refractivity (Wildman–Crippen MR) is 59.0 cm³/mol. The second kappa shape index (κ2) is 4.66. The maximum Gasteiger partial charge on any atom is 0.131 e. The maximum atomic E-state index is 13.6. The Bertz CT molecular complexity index is 512. The van der Waals surface area contributed by atoms with E-state index in [2.05, 4.69) is 0 Å². The lowest BCUT2D eigenvalue weighted by Gasteiger charge is -2.14. The zero-order valence-corrected chi connectivity index (χ0v) is 9.54. The summed E-state index contributed by atoms with van der Waals surface area (Å²) in [7, 11) is 0. The molecule has 0 aromatic heterocycles. The molecular weight excluding hydrogens is 247 g/mol. The average molecular weight is 257 g/mol. The van der Waals surface area contributed by atoms with E-state index in [1.807, 2.05) is 0 Å². The minimum absolute atomic E-state index is 0.114. The Labute approximate surface area is 99.7 Å². The van der Waals surface area contributed by atoms with Gasteiger partial charge in [0.25, 0.3) is 0 Å². The Kier molecular flexibility index (Phi) is 3.39. The molecule has 0 radical (unpaired) electrons. The van der Waals surface area contributed by atoms with Gasteiger partial charge in [0.2, 0.25) is 0 Å². The van der Waals surface area contributed by atoms with Crippen molar-refractivity contribution in [2.24, 2.45) is 0 Å². The van der Waals surface area contributed by atoms with Crippen molar-refractivity contribution >= 4 is 16.7 Å². The van der Waals surface area contributed by atoms with Crippen LogP contribution in [-0.2, 0) is 16.8 Å². The van der Waals surface area contributed by atoms with Crippen LogP contribution in [0.15, 0.2) is 18.2 Å². The first kappa shape index (κ1) is 12.4. The summed E-state index contributed by atoms with van der Waals surface area (Å²) in [5.41, 5.74) is 0.978. The van der Waals surface area contributed by atoms with E-state index in [1.165, 1.54) is 12.1 Å². The third-order valence-corrected chi connectivity index (χ3v) is 3.25. The second-order valence-electron chi connectivity index (χ2n) is 3.74. The quantitative estimate of drug-likeness (QED) is 0.778. The standard InChI is InChI=1S/C11H11FO4S/c12-8-2-1-6(5-17(15)16)11-9(14)3-7(4-13)10(8)11/h1-3,9,13-14H,4-5H2,(H,15,16)/p-1. The molecule has 1 aliphatic carbocycles. The van der Waals surface area contributed by atoms with Crippen LogP contribution in [0.25, 0.3) is 5.57 Å². The Balaban J connectivity index is 2.57. The molecule has 17 heavy (non-hydrogen) atoms. The van der Waals surface area contributed by atoms with Gasteiger partial charge in [0.05, 0.1) is 12.7 Å². The Hall–Kier alpha value is -1.08. The summed E-state index contributed by atoms with van der Waals surface area (Å²) in [5.74, 6) is -0.857. The van der Waals surface area contributed by atoms with Gasteiger partial charge < -0.3 is 14.8 Å². The Morgan fingerprint density at radius 2 is 2.18 bits per heavy atom. The fraction of sp³-hybridized carbons (Fsp3) is 0.273. The van der Waals surface area contributed by atoms with Crippen LogP contribution in [0.2, 0.25) is 0 Å². The highest BCUT2D eigenvalue weighted by Crippen LogP contribution is 2.38. The number of hydrogen-bond acceptors (Lipinski definition) is 4. The number of fused-ring (bicyclic) bond motifs is 1. The smallest absolute Gasteiger partial charge is 0.131 e. The number of halogens is 1. The van der Waals surface area contributed by atoms with Gasteiger partial charge in [-0.05, 0) is 28.8 Å². The molecule has 92 valence electrons. The molecule has 0 fully saturated rings. The Morgan fingerprint density at radius 1 is 1.47 bits per heavy atom. The summed E-state index contributed by atoms with van der Waals surface area (Å²) in [6.45, 7) is -0.398. The molecule has 2 N–H and O–H groups in total. The second-order valence-corrected chi connectivity index (χ2v) is 4.63. The summed E-state index contributed by atoms with van der Waals surface area (Å²) in [4.78, 5) is 0. The first-order chi connectivity index (χ1) is 8.04. The minimum Gasteiger partial charge on any atom is -0.772 e. The largest absolute Gasteiger partial charge is 0.772 e. The van der Waals surface area contributed by atoms with Crippen molar-refractivity contribution in [3.63, 3.8) is 0 Å². The minimum atomic E-state index is -2.31. The van der Waals surface area contributed by atoms with Crippen LogP contribution in [0.4, 0.5) is 4.39 Å². The van der Waals surface area contributed by atoms with Gasteiger partial charge in [0.15, 0.2) is 0 Å². The van der Waals surface area contributed by atoms with Crippen molar-refractivity contribution < 1.29 is 23.4 Å². The van der Waals surface area contributed by atoms with Crippen molar-refractivity contribution in [1.82, 2.24) is 0 Å². The van der Waals surface area contributed by atoms with E-state index in [0.717, 1.165) is 6.07 Å². The van der Waals surface area contributed by atoms with Crippen LogP contribution in [0, 0.1) is 5.82 Å². The number of aliphatic hydroxyl groups is 2. The third-order valence-electron chi connectivity index (χ3n) is 2.70. The van der Waals surface area contributed by atoms with Crippen molar-refractivity contribution in [1.29, 1.82) is 0 Å². The third kappa shape index (κ3) is 2.16. The topological polar surface area (TPSA) is 80.6 Å². The van der Waals surface area contributed by atoms with Crippen LogP contribution in [0.3, 0.4) is 0 Å². The molecule has 2 atom stereocenters. The van der Waals surface area contributed by atoms with Gasteiger partial charge in [-0.25, -0.2) is 4.39 Å². The molecule has 0 saturated carbocycles. The summed E-state index contributed by atoms with van der Waals surface area (Å²) < 4.78 is 34.9. The fourth-order valence-electron chi connectivity index (χ4n) is 2.04. The highest BCUT2D eigenvalue weighted by Gasteiger charge is 2.27. The lowest BCUT2D eigenvalue weighted by molar-refractivity contribution is 0.230. The molecule has 0 aliphatic heterocycles. The number of benzene rings is 1. The van der Waals surface area contributed by atoms with E-state index >= 15 is 0 Å². The number of rotatable bonds is 3. The van der Waals surface area contributed by atoms with E-state index < -0.39 is 29.6 Å². The van der Waals surface area contributed by atoms with Crippen LogP contribution in [0.5, 0.6) is 0 Å². The molecular formula is C11H10FO4S-. The normalized spacial score (nSPS) is 20.0. The van der Waals surface area contributed by atoms with Crippen LogP contribution < -0.4 is 0 Å². The van der Waals surface area contributed by atoms with Crippen LogP contribution in [0.1, 0.15) is 22.8 Å². The fourth-order valence-corrected chi connectivity index (χ4v) is 2.55. The van der Waals surface area contributed by atoms with Crippen molar-refractivity contribution in [2.75, 3.05) is 6.61 Å². The SMILES string of the molecule is O=S([O-])Cc1ccc(F)c2c1C(O)C=C2CO. The summed E-state index contributed by atoms with van der Waals surface area (Å²) in [5, 5.41) is 18.8. The lowest BCUT2D eigenvalue weighted by atomic mass is 9.99. The molecule has 2 unspecified atom stereocenters. The molecule has 0 amide bonds. The van der Waals surface area contributed by atoms with E-state index in [9.17, 15) is 18.3 Å². The van der Waals surface area contributed by atoms with Crippen molar-refractivity contribution in [3.05, 3.63) is 40.7 Å². The van der Waals surface area contributed by atoms with Gasteiger partial charge in [-0.1, -0.05) is 17.1 Å². The molecule has 1 aromatic carbocycles. The maximum absolute atomic E-state index is 13.6. The van der Waals surface area contributed by atoms with Crippen molar-refractivity contribution in [2.45, 2.75) is 11.9 Å². The summed E-state index contributed by atoms with van der Waals surface area (Å²) in [6, 6.07) is 2.48. The van der Waals surface area contributed by atoms with Crippen LogP contribution >= 0.6 is 0 Å². The monoisotopic (exact) mass is 257 g/mol. The highest BCUT2D eigenvalue weighted by molar-refractivity contribution is 7.78. The van der Waals surface area contributed by atoms with Gasteiger partial charge in [0, 0.05) is 11.3 Å². The van der Waals surface area contributed by atoms with E-state index in [-0.39, 0.29) is 22.5 Å². The molecule has 0 saturated heterocycles. The van der Waals surface area contributed by atoms with Crippen molar-refractivity contribution in [3.8, 4) is 0 Å².